The van der Waals surface area contributed by atoms with Gasteiger partial charge in [0.25, 0.3) is 5.91 Å². The van der Waals surface area contributed by atoms with E-state index in [9.17, 15) is 4.79 Å². The van der Waals surface area contributed by atoms with Gasteiger partial charge in [0.1, 0.15) is 11.4 Å². The van der Waals surface area contributed by atoms with E-state index in [-0.39, 0.29) is 0 Å². The fraction of sp³-hybridized carbons (Fsp3) is 0. The molecular formula is C13H9ClN4O. The van der Waals surface area contributed by atoms with Crippen molar-refractivity contribution in [1.29, 1.82) is 0 Å². The van der Waals surface area contributed by atoms with Crippen molar-refractivity contribution >= 4 is 23.3 Å². The molecule has 0 spiro atoms. The monoisotopic (exact) mass is 272 g/mol. The fourth-order valence-electron chi connectivity index (χ4n) is 1.96. The van der Waals surface area contributed by atoms with E-state index in [0.29, 0.717) is 22.2 Å². The van der Waals surface area contributed by atoms with Gasteiger partial charge in [-0.05, 0) is 18.2 Å². The van der Waals surface area contributed by atoms with E-state index in [1.807, 2.05) is 6.07 Å². The number of carbonyl (C=O) groups is 1. The summed E-state index contributed by atoms with van der Waals surface area (Å²) in [6.07, 6.45) is 3.30. The van der Waals surface area contributed by atoms with Crippen LogP contribution >= 0.6 is 11.6 Å². The highest BCUT2D eigenvalue weighted by Crippen LogP contribution is 2.25. The first-order valence-corrected chi connectivity index (χ1v) is 5.93. The van der Waals surface area contributed by atoms with Crippen LogP contribution in [0.5, 0.6) is 0 Å². The van der Waals surface area contributed by atoms with Gasteiger partial charge in [-0.25, -0.2) is 9.97 Å². The standard InChI is InChI=1S/C13H9ClN4O/c14-9-4-1-3-8(7-9)10-11(12(15)19)18-6-2-5-16-13(18)17-10/h1-7H,(H2,15,19). The summed E-state index contributed by atoms with van der Waals surface area (Å²) < 4.78 is 1.57. The molecule has 0 bridgehead atoms. The van der Waals surface area contributed by atoms with Crippen LogP contribution in [0, 0.1) is 0 Å². The summed E-state index contributed by atoms with van der Waals surface area (Å²) in [4.78, 5) is 20.1. The Labute approximate surface area is 113 Å². The van der Waals surface area contributed by atoms with Gasteiger partial charge in [0.2, 0.25) is 5.78 Å². The van der Waals surface area contributed by atoms with Gasteiger partial charge in [-0.3, -0.25) is 9.20 Å². The minimum Gasteiger partial charge on any atom is -0.364 e. The lowest BCUT2D eigenvalue weighted by molar-refractivity contribution is 0.0995. The molecule has 0 saturated carbocycles. The maximum atomic E-state index is 11.7. The van der Waals surface area contributed by atoms with Crippen molar-refractivity contribution < 1.29 is 4.79 Å². The zero-order valence-electron chi connectivity index (χ0n) is 9.75. The predicted octanol–water partition coefficient (Wildman–Crippen LogP) is 2.15. The molecule has 0 fully saturated rings. The minimum atomic E-state index is -0.560. The molecule has 0 radical (unpaired) electrons. The molecule has 1 aromatic carbocycles. The van der Waals surface area contributed by atoms with E-state index >= 15 is 0 Å². The van der Waals surface area contributed by atoms with Crippen LogP contribution in [0.15, 0.2) is 42.7 Å². The molecule has 0 aliphatic carbocycles. The molecule has 2 heterocycles. The van der Waals surface area contributed by atoms with Crippen molar-refractivity contribution in [2.75, 3.05) is 0 Å². The van der Waals surface area contributed by atoms with Crippen molar-refractivity contribution in [3.63, 3.8) is 0 Å². The number of hydrogen-bond acceptors (Lipinski definition) is 3. The van der Waals surface area contributed by atoms with Gasteiger partial charge in [-0.2, -0.15) is 0 Å². The Hall–Kier alpha value is -2.40. The third kappa shape index (κ3) is 1.94. The van der Waals surface area contributed by atoms with Crippen molar-refractivity contribution in [2.45, 2.75) is 0 Å². The summed E-state index contributed by atoms with van der Waals surface area (Å²) >= 11 is 5.96. The van der Waals surface area contributed by atoms with Crippen LogP contribution in [0.4, 0.5) is 0 Å². The first-order chi connectivity index (χ1) is 9.16. The first-order valence-electron chi connectivity index (χ1n) is 5.55. The number of nitrogens with two attached hydrogens (primary N) is 1. The third-order valence-corrected chi connectivity index (χ3v) is 2.97. The third-order valence-electron chi connectivity index (χ3n) is 2.74. The van der Waals surface area contributed by atoms with Crippen LogP contribution in [0.25, 0.3) is 17.0 Å². The summed E-state index contributed by atoms with van der Waals surface area (Å²) in [6, 6.07) is 8.81. The number of amides is 1. The Kier molecular flexibility index (Phi) is 2.68. The Morgan fingerprint density at radius 2 is 2.16 bits per heavy atom. The van der Waals surface area contributed by atoms with Crippen LogP contribution in [-0.2, 0) is 0 Å². The van der Waals surface area contributed by atoms with Crippen molar-refractivity contribution in [3.8, 4) is 11.3 Å². The van der Waals surface area contributed by atoms with Crippen LogP contribution in [0.3, 0.4) is 0 Å². The number of rotatable bonds is 2. The van der Waals surface area contributed by atoms with Crippen LogP contribution in [0.1, 0.15) is 10.5 Å². The second kappa shape index (κ2) is 4.37. The number of halogens is 1. The van der Waals surface area contributed by atoms with E-state index in [1.165, 1.54) is 0 Å². The molecule has 94 valence electrons. The largest absolute Gasteiger partial charge is 0.364 e. The summed E-state index contributed by atoms with van der Waals surface area (Å²) in [5, 5.41) is 0.568. The highest BCUT2D eigenvalue weighted by molar-refractivity contribution is 6.30. The van der Waals surface area contributed by atoms with E-state index < -0.39 is 5.91 Å². The second-order valence-electron chi connectivity index (χ2n) is 3.97. The van der Waals surface area contributed by atoms with Gasteiger partial charge in [0, 0.05) is 23.0 Å². The van der Waals surface area contributed by atoms with Crippen molar-refractivity contribution in [3.05, 3.63) is 53.4 Å². The van der Waals surface area contributed by atoms with Gasteiger partial charge in [-0.1, -0.05) is 23.7 Å². The molecule has 0 atom stereocenters. The molecular weight excluding hydrogens is 264 g/mol. The number of hydrogen-bond donors (Lipinski definition) is 1. The van der Waals surface area contributed by atoms with Crippen LogP contribution in [-0.4, -0.2) is 20.3 Å². The van der Waals surface area contributed by atoms with Crippen molar-refractivity contribution in [2.24, 2.45) is 5.73 Å². The maximum Gasteiger partial charge on any atom is 0.268 e. The molecule has 5 nitrogen and oxygen atoms in total. The SMILES string of the molecule is NC(=O)c1c(-c2cccc(Cl)c2)nc2ncccn12. The fourth-order valence-corrected chi connectivity index (χ4v) is 2.15. The summed E-state index contributed by atoms with van der Waals surface area (Å²) in [5.74, 6) is -0.137. The molecule has 1 amide bonds. The van der Waals surface area contributed by atoms with Gasteiger partial charge in [0.05, 0.1) is 0 Å². The summed E-state index contributed by atoms with van der Waals surface area (Å²) in [7, 11) is 0. The second-order valence-corrected chi connectivity index (χ2v) is 4.41. The molecule has 2 N–H and O–H groups in total. The zero-order chi connectivity index (χ0) is 13.4. The first kappa shape index (κ1) is 11.7. The van der Waals surface area contributed by atoms with E-state index in [1.54, 1.807) is 41.1 Å². The van der Waals surface area contributed by atoms with Crippen molar-refractivity contribution in [1.82, 2.24) is 14.4 Å². The quantitative estimate of drug-likeness (QED) is 0.777. The maximum absolute atomic E-state index is 11.7. The minimum absolute atomic E-state index is 0.297. The molecule has 2 aromatic heterocycles. The smallest absolute Gasteiger partial charge is 0.268 e. The number of benzene rings is 1. The molecule has 3 rings (SSSR count). The predicted molar refractivity (Wildman–Crippen MR) is 72.0 cm³/mol. The van der Waals surface area contributed by atoms with E-state index in [0.717, 1.165) is 5.56 Å². The zero-order valence-corrected chi connectivity index (χ0v) is 10.5. The van der Waals surface area contributed by atoms with Gasteiger partial charge in [0.15, 0.2) is 0 Å². The highest BCUT2D eigenvalue weighted by Gasteiger charge is 2.18. The lowest BCUT2D eigenvalue weighted by Crippen LogP contribution is -2.15. The Bertz CT molecular complexity index is 781. The molecule has 19 heavy (non-hydrogen) atoms. The molecule has 6 heteroatoms. The Morgan fingerprint density at radius 1 is 1.32 bits per heavy atom. The number of carbonyl (C=O) groups excluding carboxylic acids is 1. The average molecular weight is 273 g/mol. The number of nitrogens with zero attached hydrogens (tertiary/aromatic N) is 3. The van der Waals surface area contributed by atoms with Gasteiger partial charge >= 0.3 is 0 Å². The highest BCUT2D eigenvalue weighted by atomic mass is 35.5. The molecule has 0 saturated heterocycles. The van der Waals surface area contributed by atoms with Gasteiger partial charge < -0.3 is 5.73 Å². The molecule has 0 unspecified atom stereocenters. The molecule has 0 aliphatic heterocycles. The summed E-state index contributed by atoms with van der Waals surface area (Å²) in [5.41, 5.74) is 6.95. The number of imidazole rings is 1. The molecule has 0 aliphatic rings. The molecule has 3 aromatic rings. The van der Waals surface area contributed by atoms with Gasteiger partial charge in [-0.15, -0.1) is 0 Å². The van der Waals surface area contributed by atoms with Crippen LogP contribution < -0.4 is 5.73 Å². The lowest BCUT2D eigenvalue weighted by Gasteiger charge is -2.01. The Balaban J connectivity index is 2.34. The Morgan fingerprint density at radius 3 is 2.89 bits per heavy atom. The topological polar surface area (TPSA) is 73.3 Å². The average Bonchev–Trinajstić information content (AvgIpc) is 2.78. The van der Waals surface area contributed by atoms with E-state index in [4.69, 9.17) is 17.3 Å². The number of aromatic nitrogens is 3. The number of primary amides is 1. The number of fused-ring (bicyclic) bond motifs is 1. The normalized spacial score (nSPS) is 10.8. The summed E-state index contributed by atoms with van der Waals surface area (Å²) in [6.45, 7) is 0. The van der Waals surface area contributed by atoms with E-state index in [2.05, 4.69) is 9.97 Å². The van der Waals surface area contributed by atoms with Crippen LogP contribution in [0.2, 0.25) is 5.02 Å². The lowest BCUT2D eigenvalue weighted by atomic mass is 10.1.